The molecule has 0 radical (unpaired) electrons. The van der Waals surface area contributed by atoms with Crippen LogP contribution in [0, 0.1) is 6.92 Å². The lowest BCUT2D eigenvalue weighted by molar-refractivity contribution is -0.116. The fourth-order valence-electron chi connectivity index (χ4n) is 2.27. The summed E-state index contributed by atoms with van der Waals surface area (Å²) in [5, 5.41) is 3.29. The number of carbonyl (C=O) groups excluding carboxylic acids is 1. The molecule has 0 spiro atoms. The minimum Gasteiger partial charge on any atom is -0.491 e. The summed E-state index contributed by atoms with van der Waals surface area (Å²) in [5.41, 5.74) is 3.01. The first-order chi connectivity index (χ1) is 12.0. The summed E-state index contributed by atoms with van der Waals surface area (Å²) in [6.45, 7) is 4.89. The number of amides is 1. The van der Waals surface area contributed by atoms with E-state index in [-0.39, 0.29) is 5.91 Å². The van der Waals surface area contributed by atoms with Gasteiger partial charge in [-0.3, -0.25) is 4.79 Å². The van der Waals surface area contributed by atoms with Crippen LogP contribution in [0.3, 0.4) is 0 Å². The highest BCUT2D eigenvalue weighted by atomic mass is 35.5. The summed E-state index contributed by atoms with van der Waals surface area (Å²) < 4.78 is 10.8. The third-order valence-corrected chi connectivity index (χ3v) is 3.83. The number of hydrogen-bond acceptors (Lipinski definition) is 3. The van der Waals surface area contributed by atoms with E-state index in [9.17, 15) is 4.79 Å². The Morgan fingerprint density at radius 2 is 1.96 bits per heavy atom. The Morgan fingerprint density at radius 1 is 1.24 bits per heavy atom. The topological polar surface area (TPSA) is 47.6 Å². The lowest BCUT2D eigenvalue weighted by atomic mass is 10.1. The highest BCUT2D eigenvalue weighted by molar-refractivity contribution is 6.32. The molecule has 1 amide bonds. The van der Waals surface area contributed by atoms with Crippen LogP contribution in [0.25, 0.3) is 6.08 Å². The van der Waals surface area contributed by atoms with E-state index in [4.69, 9.17) is 21.1 Å². The number of rotatable bonds is 7. The number of hydrogen-bond donors (Lipinski definition) is 1. The number of carbonyl (C=O) groups is 1. The van der Waals surface area contributed by atoms with Crippen molar-refractivity contribution in [1.82, 2.24) is 5.32 Å². The molecule has 132 valence electrons. The quantitative estimate of drug-likeness (QED) is 0.746. The monoisotopic (exact) mass is 359 g/mol. The number of benzene rings is 2. The van der Waals surface area contributed by atoms with Gasteiger partial charge in [-0.15, -0.1) is 0 Å². The molecule has 1 N–H and O–H groups in total. The van der Waals surface area contributed by atoms with Gasteiger partial charge in [0, 0.05) is 12.6 Å². The summed E-state index contributed by atoms with van der Waals surface area (Å²) in [6, 6.07) is 11.6. The zero-order valence-electron chi connectivity index (χ0n) is 14.6. The van der Waals surface area contributed by atoms with Crippen LogP contribution in [-0.2, 0) is 11.3 Å². The molecule has 0 aliphatic carbocycles. The summed E-state index contributed by atoms with van der Waals surface area (Å²) in [4.78, 5) is 12.0. The van der Waals surface area contributed by atoms with E-state index in [0.717, 1.165) is 11.1 Å². The maximum absolute atomic E-state index is 12.0. The van der Waals surface area contributed by atoms with Crippen molar-refractivity contribution in [2.24, 2.45) is 0 Å². The molecule has 2 aromatic rings. The van der Waals surface area contributed by atoms with Crippen molar-refractivity contribution in [3.63, 3.8) is 0 Å². The fourth-order valence-corrected chi connectivity index (χ4v) is 2.57. The van der Waals surface area contributed by atoms with E-state index in [1.54, 1.807) is 18.2 Å². The Labute approximate surface area is 153 Å². The molecule has 2 aromatic carbocycles. The standard InChI is InChI=1S/C20H22ClNO3/c1-4-25-18-12-16(11-17(21)20(18)24-3)9-10-19(23)22-13-15-7-5-14(2)6-8-15/h5-12H,4,13H2,1-3H3,(H,22,23)/b10-9+. The van der Waals surface area contributed by atoms with Gasteiger partial charge in [0.05, 0.1) is 18.7 Å². The van der Waals surface area contributed by atoms with Gasteiger partial charge in [-0.25, -0.2) is 0 Å². The molecule has 5 heteroatoms. The average molecular weight is 360 g/mol. The molecular formula is C20H22ClNO3. The van der Waals surface area contributed by atoms with E-state index in [0.29, 0.717) is 29.7 Å². The van der Waals surface area contributed by atoms with E-state index in [1.807, 2.05) is 38.1 Å². The van der Waals surface area contributed by atoms with E-state index < -0.39 is 0 Å². The maximum Gasteiger partial charge on any atom is 0.244 e. The molecular weight excluding hydrogens is 338 g/mol. The van der Waals surface area contributed by atoms with Crippen molar-refractivity contribution in [3.8, 4) is 11.5 Å². The van der Waals surface area contributed by atoms with Crippen LogP contribution >= 0.6 is 11.6 Å². The van der Waals surface area contributed by atoms with Crippen molar-refractivity contribution in [3.05, 3.63) is 64.2 Å². The fraction of sp³-hybridized carbons (Fsp3) is 0.250. The molecule has 25 heavy (non-hydrogen) atoms. The number of ether oxygens (including phenoxy) is 2. The summed E-state index contributed by atoms with van der Waals surface area (Å²) in [6.07, 6.45) is 3.17. The van der Waals surface area contributed by atoms with Crippen LogP contribution in [0.1, 0.15) is 23.6 Å². The molecule has 0 heterocycles. The first-order valence-corrected chi connectivity index (χ1v) is 8.43. The SMILES string of the molecule is CCOc1cc(/C=C/C(=O)NCc2ccc(C)cc2)cc(Cl)c1OC. The molecule has 0 aliphatic heterocycles. The summed E-state index contributed by atoms with van der Waals surface area (Å²) >= 11 is 6.20. The van der Waals surface area contributed by atoms with Crippen molar-refractivity contribution in [1.29, 1.82) is 0 Å². The molecule has 0 fully saturated rings. The first-order valence-electron chi connectivity index (χ1n) is 8.05. The number of nitrogens with one attached hydrogen (secondary N) is 1. The largest absolute Gasteiger partial charge is 0.491 e. The Kier molecular flexibility index (Phi) is 6.90. The lowest BCUT2D eigenvalue weighted by Crippen LogP contribution is -2.20. The smallest absolute Gasteiger partial charge is 0.244 e. The third kappa shape index (κ3) is 5.54. The third-order valence-electron chi connectivity index (χ3n) is 3.55. The van der Waals surface area contributed by atoms with Crippen LogP contribution < -0.4 is 14.8 Å². The second-order valence-corrected chi connectivity index (χ2v) is 5.91. The van der Waals surface area contributed by atoms with Crippen molar-refractivity contribution >= 4 is 23.6 Å². The van der Waals surface area contributed by atoms with E-state index in [2.05, 4.69) is 5.32 Å². The molecule has 0 saturated carbocycles. The van der Waals surface area contributed by atoms with E-state index in [1.165, 1.54) is 18.7 Å². The van der Waals surface area contributed by atoms with Crippen LogP contribution in [0.5, 0.6) is 11.5 Å². The van der Waals surface area contributed by atoms with Gasteiger partial charge in [-0.1, -0.05) is 41.4 Å². The predicted octanol–water partition coefficient (Wildman–Crippen LogP) is 4.39. The molecule has 4 nitrogen and oxygen atoms in total. The minimum absolute atomic E-state index is 0.175. The molecule has 0 bridgehead atoms. The van der Waals surface area contributed by atoms with Gasteiger partial charge in [0.2, 0.25) is 5.91 Å². The highest BCUT2D eigenvalue weighted by Crippen LogP contribution is 2.36. The van der Waals surface area contributed by atoms with Crippen LogP contribution in [0.15, 0.2) is 42.5 Å². The van der Waals surface area contributed by atoms with Crippen molar-refractivity contribution in [2.75, 3.05) is 13.7 Å². The van der Waals surface area contributed by atoms with Crippen LogP contribution in [0.4, 0.5) is 0 Å². The van der Waals surface area contributed by atoms with Crippen molar-refractivity contribution < 1.29 is 14.3 Å². The Morgan fingerprint density at radius 3 is 2.60 bits per heavy atom. The molecule has 0 aromatic heterocycles. The Bertz CT molecular complexity index is 754. The lowest BCUT2D eigenvalue weighted by Gasteiger charge is -2.11. The van der Waals surface area contributed by atoms with Gasteiger partial charge in [0.25, 0.3) is 0 Å². The highest BCUT2D eigenvalue weighted by Gasteiger charge is 2.10. The number of halogens is 1. The van der Waals surface area contributed by atoms with Crippen molar-refractivity contribution in [2.45, 2.75) is 20.4 Å². The van der Waals surface area contributed by atoms with Gasteiger partial charge in [-0.05, 0) is 43.2 Å². The normalized spacial score (nSPS) is 10.7. The van der Waals surface area contributed by atoms with Gasteiger partial charge < -0.3 is 14.8 Å². The molecule has 2 rings (SSSR count). The zero-order valence-corrected chi connectivity index (χ0v) is 15.4. The summed E-state index contributed by atoms with van der Waals surface area (Å²) in [5.74, 6) is 0.868. The number of methoxy groups -OCH3 is 1. The first kappa shape index (κ1) is 18.9. The summed E-state index contributed by atoms with van der Waals surface area (Å²) in [7, 11) is 1.54. The van der Waals surface area contributed by atoms with Crippen LogP contribution in [-0.4, -0.2) is 19.6 Å². The Hall–Kier alpha value is -2.46. The average Bonchev–Trinajstić information content (AvgIpc) is 2.59. The minimum atomic E-state index is -0.175. The van der Waals surface area contributed by atoms with Gasteiger partial charge in [0.15, 0.2) is 11.5 Å². The van der Waals surface area contributed by atoms with E-state index >= 15 is 0 Å². The van der Waals surface area contributed by atoms with Crippen LogP contribution in [0.2, 0.25) is 5.02 Å². The molecule has 0 atom stereocenters. The molecule has 0 aliphatic rings. The van der Waals surface area contributed by atoms with Gasteiger partial charge >= 0.3 is 0 Å². The predicted molar refractivity (Wildman–Crippen MR) is 101 cm³/mol. The second kappa shape index (κ2) is 9.14. The maximum atomic E-state index is 12.0. The zero-order chi connectivity index (χ0) is 18.2. The van der Waals surface area contributed by atoms with Gasteiger partial charge in [-0.2, -0.15) is 0 Å². The molecule has 0 saturated heterocycles. The number of aryl methyl sites for hydroxylation is 1. The second-order valence-electron chi connectivity index (χ2n) is 5.50. The molecule has 0 unspecified atom stereocenters. The Balaban J connectivity index is 2.02. The van der Waals surface area contributed by atoms with Gasteiger partial charge in [0.1, 0.15) is 0 Å².